The molecule has 0 aromatic heterocycles. The van der Waals surface area contributed by atoms with Crippen molar-refractivity contribution in [3.05, 3.63) is 0 Å². The largest absolute Gasteiger partial charge is 0.356 e. The Bertz CT molecular complexity index is 425. The van der Waals surface area contributed by atoms with Crippen molar-refractivity contribution in [3.8, 4) is 0 Å². The molecule has 0 aliphatic heterocycles. The third kappa shape index (κ3) is 9.78. The predicted octanol–water partition coefficient (Wildman–Crippen LogP) is 4.99. The van der Waals surface area contributed by atoms with Crippen LogP contribution in [0.3, 0.4) is 0 Å². The summed E-state index contributed by atoms with van der Waals surface area (Å²) in [6.07, 6.45) is 2.31. The monoisotopic (exact) mass is 325 g/mol. The van der Waals surface area contributed by atoms with E-state index in [1.165, 1.54) is 0 Å². The van der Waals surface area contributed by atoms with Crippen LogP contribution in [-0.4, -0.2) is 18.2 Å². The van der Waals surface area contributed by atoms with Crippen molar-refractivity contribution in [1.82, 2.24) is 5.32 Å². The molecular formula is C20H39NO2. The van der Waals surface area contributed by atoms with Crippen LogP contribution in [-0.2, 0) is 9.59 Å². The van der Waals surface area contributed by atoms with Gasteiger partial charge in [0.25, 0.3) is 0 Å². The fraction of sp³-hybridized carbons (Fsp3) is 0.900. The summed E-state index contributed by atoms with van der Waals surface area (Å²) in [6.45, 7) is 21.4. The van der Waals surface area contributed by atoms with E-state index in [4.69, 9.17) is 0 Å². The highest BCUT2D eigenvalue weighted by molar-refractivity contribution is 5.81. The first-order valence-electron chi connectivity index (χ1n) is 8.74. The highest BCUT2D eigenvalue weighted by atomic mass is 16.1. The van der Waals surface area contributed by atoms with Gasteiger partial charge in [-0.1, -0.05) is 62.3 Å². The predicted molar refractivity (Wildman–Crippen MR) is 98.3 cm³/mol. The van der Waals surface area contributed by atoms with E-state index in [2.05, 4.69) is 53.8 Å². The third-order valence-corrected chi connectivity index (χ3v) is 4.29. The highest BCUT2D eigenvalue weighted by Gasteiger charge is 2.33. The lowest BCUT2D eigenvalue weighted by atomic mass is 9.72. The van der Waals surface area contributed by atoms with Crippen LogP contribution in [0.15, 0.2) is 0 Å². The highest BCUT2D eigenvalue weighted by Crippen LogP contribution is 2.36. The summed E-state index contributed by atoms with van der Waals surface area (Å²) in [5.74, 6) is 0.302. The number of carbonyl (C=O) groups excluding carboxylic acids is 2. The molecule has 0 aromatic rings. The number of hydrogen-bond donors (Lipinski definition) is 1. The second-order valence-electron chi connectivity index (χ2n) is 10.6. The van der Waals surface area contributed by atoms with Gasteiger partial charge in [-0.2, -0.15) is 0 Å². The van der Waals surface area contributed by atoms with Crippen molar-refractivity contribution in [3.63, 3.8) is 0 Å². The molecule has 0 aliphatic rings. The Morgan fingerprint density at radius 3 is 1.65 bits per heavy atom. The van der Waals surface area contributed by atoms with Gasteiger partial charge in [0.15, 0.2) is 0 Å². The molecular weight excluding hydrogens is 286 g/mol. The van der Waals surface area contributed by atoms with Gasteiger partial charge >= 0.3 is 0 Å². The number of hydrogen-bond acceptors (Lipinski definition) is 2. The van der Waals surface area contributed by atoms with Crippen LogP contribution in [0.25, 0.3) is 0 Å². The minimum atomic E-state index is -0.347. The molecule has 0 saturated heterocycles. The van der Waals surface area contributed by atoms with Crippen LogP contribution in [0.1, 0.15) is 88.5 Å². The Morgan fingerprint density at radius 1 is 0.783 bits per heavy atom. The van der Waals surface area contributed by atoms with Gasteiger partial charge in [-0.25, -0.2) is 0 Å². The first-order valence-corrected chi connectivity index (χ1v) is 8.74. The molecule has 3 nitrogen and oxygen atoms in total. The van der Waals surface area contributed by atoms with Crippen LogP contribution in [0.5, 0.6) is 0 Å². The molecule has 0 saturated carbocycles. The van der Waals surface area contributed by atoms with Crippen LogP contribution in [0.4, 0.5) is 0 Å². The maximum atomic E-state index is 12.3. The van der Waals surface area contributed by atoms with Gasteiger partial charge < -0.3 is 5.32 Å². The van der Waals surface area contributed by atoms with Crippen LogP contribution < -0.4 is 5.32 Å². The lowest BCUT2D eigenvalue weighted by molar-refractivity contribution is -0.126. The van der Waals surface area contributed by atoms with Crippen molar-refractivity contribution in [1.29, 1.82) is 0 Å². The lowest BCUT2D eigenvalue weighted by Gasteiger charge is -2.35. The number of Topliss-reactive ketones (excluding diaryl/α,β-unsaturated/α-hetero) is 1. The average molecular weight is 326 g/mol. The average Bonchev–Trinajstić information content (AvgIpc) is 2.20. The molecule has 0 atom stereocenters. The summed E-state index contributed by atoms with van der Waals surface area (Å²) in [5, 5.41) is 3.08. The Labute approximate surface area is 144 Å². The van der Waals surface area contributed by atoms with Gasteiger partial charge in [-0.05, 0) is 36.0 Å². The van der Waals surface area contributed by atoms with E-state index in [1.54, 1.807) is 6.92 Å². The maximum Gasteiger partial charge on any atom is 0.220 e. The number of carbonyl (C=O) groups is 2. The summed E-state index contributed by atoms with van der Waals surface area (Å²) in [6, 6.07) is 0. The molecule has 136 valence electrons. The molecule has 0 aliphatic carbocycles. The van der Waals surface area contributed by atoms with Crippen molar-refractivity contribution < 1.29 is 9.59 Å². The van der Waals surface area contributed by atoms with Gasteiger partial charge in [0, 0.05) is 18.4 Å². The van der Waals surface area contributed by atoms with E-state index in [0.717, 1.165) is 12.8 Å². The molecule has 23 heavy (non-hydrogen) atoms. The Hall–Kier alpha value is -0.860. The molecule has 0 heterocycles. The van der Waals surface area contributed by atoms with E-state index >= 15 is 0 Å². The summed E-state index contributed by atoms with van der Waals surface area (Å²) < 4.78 is 0. The molecule has 0 spiro atoms. The first-order chi connectivity index (χ1) is 9.96. The van der Waals surface area contributed by atoms with Gasteiger partial charge in [-0.3, -0.25) is 9.59 Å². The van der Waals surface area contributed by atoms with E-state index in [9.17, 15) is 9.59 Å². The number of ketones is 1. The molecule has 1 N–H and O–H groups in total. The zero-order chi connectivity index (χ0) is 18.7. The summed E-state index contributed by atoms with van der Waals surface area (Å²) in [7, 11) is 0. The summed E-state index contributed by atoms with van der Waals surface area (Å²) in [5.41, 5.74) is -0.238. The Kier molecular flexibility index (Phi) is 7.08. The second-order valence-corrected chi connectivity index (χ2v) is 10.6. The molecule has 0 aromatic carbocycles. The van der Waals surface area contributed by atoms with Crippen molar-refractivity contribution >= 4 is 11.7 Å². The van der Waals surface area contributed by atoms with Crippen LogP contribution in [0.2, 0.25) is 0 Å². The van der Waals surface area contributed by atoms with E-state index in [1.807, 2.05) is 13.8 Å². The minimum Gasteiger partial charge on any atom is -0.356 e. The Balaban J connectivity index is 4.56. The fourth-order valence-corrected chi connectivity index (χ4v) is 3.72. The van der Waals surface area contributed by atoms with Crippen molar-refractivity contribution in [2.45, 2.75) is 88.5 Å². The Morgan fingerprint density at radius 2 is 1.26 bits per heavy atom. The molecule has 0 fully saturated rings. The zero-order valence-corrected chi connectivity index (χ0v) is 17.1. The SMILES string of the molecule is CC(=O)C(C)(C)CC(C)(C)CNC(=O)CC(C)(C)CC(C)(C)C. The first kappa shape index (κ1) is 22.1. The molecule has 0 radical (unpaired) electrons. The van der Waals surface area contributed by atoms with E-state index in [0.29, 0.717) is 13.0 Å². The van der Waals surface area contributed by atoms with E-state index in [-0.39, 0.29) is 33.4 Å². The van der Waals surface area contributed by atoms with Gasteiger partial charge in [0.2, 0.25) is 5.91 Å². The summed E-state index contributed by atoms with van der Waals surface area (Å²) >= 11 is 0. The minimum absolute atomic E-state index is 0.00880. The third-order valence-electron chi connectivity index (χ3n) is 4.29. The van der Waals surface area contributed by atoms with E-state index < -0.39 is 0 Å². The molecule has 0 bridgehead atoms. The van der Waals surface area contributed by atoms with Crippen molar-refractivity contribution in [2.24, 2.45) is 21.7 Å². The number of rotatable bonds is 8. The van der Waals surface area contributed by atoms with Gasteiger partial charge in [0.05, 0.1) is 0 Å². The van der Waals surface area contributed by atoms with Crippen LogP contribution in [0, 0.1) is 21.7 Å². The van der Waals surface area contributed by atoms with Gasteiger partial charge in [-0.15, -0.1) is 0 Å². The van der Waals surface area contributed by atoms with Crippen molar-refractivity contribution in [2.75, 3.05) is 6.54 Å². The smallest absolute Gasteiger partial charge is 0.220 e. The molecule has 1 amide bonds. The quantitative estimate of drug-likeness (QED) is 0.683. The lowest BCUT2D eigenvalue weighted by Crippen LogP contribution is -2.40. The topological polar surface area (TPSA) is 46.2 Å². The standard InChI is InChI=1S/C20H39NO2/c1-15(22)20(9,10)13-19(7,8)14-21-16(23)11-18(5,6)12-17(2,3)4/h11-14H2,1-10H3,(H,21,23). The molecule has 3 heteroatoms. The fourth-order valence-electron chi connectivity index (χ4n) is 3.72. The summed E-state index contributed by atoms with van der Waals surface area (Å²) in [4.78, 5) is 24.0. The number of nitrogens with one attached hydrogen (secondary N) is 1. The molecule has 0 rings (SSSR count). The number of amides is 1. The maximum absolute atomic E-state index is 12.3. The normalized spacial score (nSPS) is 13.8. The van der Waals surface area contributed by atoms with Crippen LogP contribution >= 0.6 is 0 Å². The zero-order valence-electron chi connectivity index (χ0n) is 17.1. The second kappa shape index (κ2) is 7.36. The molecule has 0 unspecified atom stereocenters. The van der Waals surface area contributed by atoms with Gasteiger partial charge in [0.1, 0.15) is 5.78 Å².